The van der Waals surface area contributed by atoms with Crippen LogP contribution in [0.25, 0.3) is 0 Å². The van der Waals surface area contributed by atoms with Crippen molar-refractivity contribution in [3.05, 3.63) is 78.5 Å². The Labute approximate surface area is 225 Å². The van der Waals surface area contributed by atoms with E-state index in [1.165, 1.54) is 24.3 Å². The van der Waals surface area contributed by atoms with Gasteiger partial charge in [-0.2, -0.15) is 8.42 Å². The molecule has 1 aliphatic heterocycles. The summed E-state index contributed by atoms with van der Waals surface area (Å²) in [5, 5.41) is 3.80. The zero-order valence-corrected chi connectivity index (χ0v) is 23.1. The fourth-order valence-electron chi connectivity index (χ4n) is 4.90. The summed E-state index contributed by atoms with van der Waals surface area (Å²) in [4.78, 5) is 26.0. The summed E-state index contributed by atoms with van der Waals surface area (Å²) in [5.74, 6) is -0.361. The number of hydrogen-bond donors (Lipinski definition) is 1. The highest BCUT2D eigenvalue weighted by molar-refractivity contribution is 9.11. The molecule has 0 atom stereocenters. The summed E-state index contributed by atoms with van der Waals surface area (Å²) in [6, 6.07) is 9.14. The number of allylic oxidation sites excluding steroid dienone is 4. The van der Waals surface area contributed by atoms with Gasteiger partial charge >= 0.3 is 10.1 Å². The van der Waals surface area contributed by atoms with E-state index in [4.69, 9.17) is 15.8 Å². The Balaban J connectivity index is 1.58. The maximum atomic E-state index is 13.0. The van der Waals surface area contributed by atoms with Crippen molar-refractivity contribution >= 4 is 65.1 Å². The van der Waals surface area contributed by atoms with Crippen molar-refractivity contribution in [1.29, 1.82) is 0 Å². The fourth-order valence-corrected chi connectivity index (χ4v) is 7.59. The molecule has 0 unspecified atom stereocenters. The van der Waals surface area contributed by atoms with Crippen LogP contribution in [0.5, 0.6) is 5.75 Å². The Kier molecular flexibility index (Phi) is 6.72. The van der Waals surface area contributed by atoms with Crippen molar-refractivity contribution in [2.75, 3.05) is 0 Å². The van der Waals surface area contributed by atoms with E-state index >= 15 is 0 Å². The molecule has 35 heavy (non-hydrogen) atoms. The number of carbonyl (C=O) groups excluding carboxylic acids is 2. The topological polar surface area (TPSA) is 89.5 Å². The van der Waals surface area contributed by atoms with Gasteiger partial charge < -0.3 is 9.50 Å². The van der Waals surface area contributed by atoms with Gasteiger partial charge in [0.2, 0.25) is 0 Å². The lowest BCUT2D eigenvalue weighted by molar-refractivity contribution is -0.117. The van der Waals surface area contributed by atoms with Crippen molar-refractivity contribution in [2.24, 2.45) is 0 Å². The van der Waals surface area contributed by atoms with Gasteiger partial charge in [0.1, 0.15) is 4.90 Å². The SMILES string of the molecule is O=C1CCCC2=C1C(c1cc(Br)c(OS(=O)(=O)c3ccc(Cl)cc3)c(Br)c1)C1=C(CCCC1=O)N2. The molecule has 0 bridgehead atoms. The highest BCUT2D eigenvalue weighted by atomic mass is 79.9. The van der Waals surface area contributed by atoms with Crippen molar-refractivity contribution < 1.29 is 22.2 Å². The van der Waals surface area contributed by atoms with Crippen LogP contribution < -0.4 is 9.50 Å². The Bertz CT molecular complexity index is 1370. The maximum Gasteiger partial charge on any atom is 0.339 e. The molecule has 10 heteroatoms. The zero-order valence-electron chi connectivity index (χ0n) is 18.4. The van der Waals surface area contributed by atoms with Crippen LogP contribution in [0.15, 0.2) is 72.8 Å². The van der Waals surface area contributed by atoms with E-state index in [0.29, 0.717) is 43.5 Å². The molecule has 3 aliphatic rings. The number of carbonyl (C=O) groups is 2. The molecule has 0 fully saturated rings. The van der Waals surface area contributed by atoms with Crippen LogP contribution >= 0.6 is 43.5 Å². The molecule has 0 saturated carbocycles. The number of Topliss-reactive ketones (excluding diaryl/α,β-unsaturated/α-hetero) is 2. The second kappa shape index (κ2) is 9.50. The van der Waals surface area contributed by atoms with E-state index in [-0.39, 0.29) is 22.2 Å². The van der Waals surface area contributed by atoms with Gasteiger partial charge in [-0.25, -0.2) is 0 Å². The predicted octanol–water partition coefficient (Wildman–Crippen LogP) is 6.33. The second-order valence-corrected chi connectivity index (χ2v) is 12.4. The number of hydrogen-bond acceptors (Lipinski definition) is 6. The van der Waals surface area contributed by atoms with Gasteiger partial charge in [0.05, 0.1) is 8.95 Å². The summed E-state index contributed by atoms with van der Waals surface area (Å²) >= 11 is 12.8. The Morgan fingerprint density at radius 2 is 1.37 bits per heavy atom. The van der Waals surface area contributed by atoms with Crippen LogP contribution in [-0.2, 0) is 19.7 Å². The minimum atomic E-state index is -4.12. The van der Waals surface area contributed by atoms with Gasteiger partial charge in [0.15, 0.2) is 17.3 Å². The summed E-state index contributed by atoms with van der Waals surface area (Å²) < 4.78 is 31.9. The van der Waals surface area contributed by atoms with E-state index < -0.39 is 16.0 Å². The van der Waals surface area contributed by atoms with Gasteiger partial charge in [-0.1, -0.05) is 11.6 Å². The normalized spacial score (nSPS) is 18.8. The first-order chi connectivity index (χ1) is 16.7. The van der Waals surface area contributed by atoms with Crippen molar-refractivity contribution in [3.8, 4) is 5.75 Å². The van der Waals surface area contributed by atoms with Crippen molar-refractivity contribution in [1.82, 2.24) is 5.32 Å². The van der Waals surface area contributed by atoms with Crippen molar-refractivity contribution in [2.45, 2.75) is 49.3 Å². The van der Waals surface area contributed by atoms with Crippen LogP contribution in [-0.4, -0.2) is 20.0 Å². The first-order valence-corrected chi connectivity index (χ1v) is 14.5. The Hall–Kier alpha value is -1.94. The molecular formula is C25H20Br2ClNO5S. The third-order valence-corrected chi connectivity index (χ3v) is 9.11. The van der Waals surface area contributed by atoms with E-state index in [1.54, 1.807) is 12.1 Å². The lowest BCUT2D eigenvalue weighted by atomic mass is 9.71. The zero-order chi connectivity index (χ0) is 24.9. The molecule has 0 amide bonds. The molecule has 1 heterocycles. The van der Waals surface area contributed by atoms with Crippen LogP contribution in [0.3, 0.4) is 0 Å². The highest BCUT2D eigenvalue weighted by Gasteiger charge is 2.40. The Morgan fingerprint density at radius 1 is 0.857 bits per heavy atom. The lowest BCUT2D eigenvalue weighted by Crippen LogP contribution is -2.36. The van der Waals surface area contributed by atoms with Gasteiger partial charge in [0.25, 0.3) is 0 Å². The van der Waals surface area contributed by atoms with E-state index in [1.807, 2.05) is 0 Å². The molecular weight excluding hydrogens is 622 g/mol. The Morgan fingerprint density at radius 3 is 1.89 bits per heavy atom. The van der Waals surface area contributed by atoms with Gasteiger partial charge in [-0.3, -0.25) is 9.59 Å². The van der Waals surface area contributed by atoms with E-state index in [2.05, 4.69) is 37.2 Å². The smallest absolute Gasteiger partial charge is 0.339 e. The quantitative estimate of drug-likeness (QED) is 0.393. The monoisotopic (exact) mass is 639 g/mol. The van der Waals surface area contributed by atoms with E-state index in [9.17, 15) is 18.0 Å². The lowest BCUT2D eigenvalue weighted by Gasteiger charge is -2.37. The summed E-state index contributed by atoms with van der Waals surface area (Å²) in [6.07, 6.45) is 3.94. The number of ketones is 2. The fraction of sp³-hybridized carbons (Fsp3) is 0.280. The summed E-state index contributed by atoms with van der Waals surface area (Å²) in [5.41, 5.74) is 3.75. The maximum absolute atomic E-state index is 13.0. The molecule has 2 aliphatic carbocycles. The molecule has 0 spiro atoms. The molecule has 182 valence electrons. The van der Waals surface area contributed by atoms with Crippen LogP contribution in [0.2, 0.25) is 5.02 Å². The average Bonchev–Trinajstić information content (AvgIpc) is 2.81. The number of dihydropyridines is 1. The molecule has 0 saturated heterocycles. The van der Waals surface area contributed by atoms with E-state index in [0.717, 1.165) is 37.1 Å². The number of benzene rings is 2. The second-order valence-electron chi connectivity index (χ2n) is 8.70. The van der Waals surface area contributed by atoms with Crippen molar-refractivity contribution in [3.63, 3.8) is 0 Å². The molecule has 0 radical (unpaired) electrons. The number of rotatable bonds is 4. The molecule has 5 rings (SSSR count). The first-order valence-electron chi connectivity index (χ1n) is 11.1. The van der Waals surface area contributed by atoms with Gasteiger partial charge in [0, 0.05) is 46.3 Å². The standard InChI is InChI=1S/C25H20Br2ClNO5S/c26-16-11-13(12-17(27)25(16)34-35(32,33)15-9-7-14(28)8-10-15)22-23-18(3-1-5-20(23)30)29-19-4-2-6-21(31)24(19)22/h7-12,22,29H,1-6H2. The highest BCUT2D eigenvalue weighted by Crippen LogP contribution is 2.48. The number of nitrogens with one attached hydrogen (secondary N) is 1. The molecule has 0 aromatic heterocycles. The third kappa shape index (κ3) is 4.63. The molecule has 2 aromatic rings. The average molecular weight is 642 g/mol. The van der Waals surface area contributed by atoms with Crippen LogP contribution in [0.1, 0.15) is 50.0 Å². The number of halogens is 3. The van der Waals surface area contributed by atoms with Gasteiger partial charge in [-0.05, 0) is 99.5 Å². The van der Waals surface area contributed by atoms with Gasteiger partial charge in [-0.15, -0.1) is 0 Å². The minimum Gasteiger partial charge on any atom is -0.377 e. The predicted molar refractivity (Wildman–Crippen MR) is 139 cm³/mol. The van der Waals surface area contributed by atoms with Crippen LogP contribution in [0, 0.1) is 0 Å². The third-order valence-electron chi connectivity index (χ3n) is 6.44. The molecule has 6 nitrogen and oxygen atoms in total. The summed E-state index contributed by atoms with van der Waals surface area (Å²) in [7, 11) is -4.12. The summed E-state index contributed by atoms with van der Waals surface area (Å²) in [6.45, 7) is 0. The first kappa shape index (κ1) is 24.7. The van der Waals surface area contributed by atoms with Crippen LogP contribution in [0.4, 0.5) is 0 Å². The molecule has 2 aromatic carbocycles. The molecule has 1 N–H and O–H groups in total. The minimum absolute atomic E-state index is 0.0339. The largest absolute Gasteiger partial charge is 0.377 e.